The Morgan fingerprint density at radius 2 is 1.70 bits per heavy atom. The normalized spacial score (nSPS) is 19.7. The van der Waals surface area contributed by atoms with E-state index in [0.29, 0.717) is 5.75 Å². The molecule has 1 atom stereocenters. The van der Waals surface area contributed by atoms with E-state index in [9.17, 15) is 4.79 Å². The van der Waals surface area contributed by atoms with E-state index in [2.05, 4.69) is 29.5 Å². The molecule has 1 aromatic rings. The molecule has 23 heavy (non-hydrogen) atoms. The number of hydrogen-bond donors (Lipinski definition) is 0. The highest BCUT2D eigenvalue weighted by Gasteiger charge is 2.32. The number of carbonyl (C=O) groups is 1. The molecule has 1 saturated carbocycles. The van der Waals surface area contributed by atoms with Crippen molar-refractivity contribution in [2.24, 2.45) is 0 Å². The highest BCUT2D eigenvalue weighted by atomic mass is 127. The zero-order valence-corrected chi connectivity index (χ0v) is 16.5. The standard InChI is InChI=1S/C19H27IO3/c1-4-18(3,20)17(21)22-15-9-11-16(12-10-15)23-19(5-2)13-7-6-8-14-19/h9-12H,4-8,13-14H2,1-3H3. The average molecular weight is 430 g/mol. The molecule has 0 saturated heterocycles. The van der Waals surface area contributed by atoms with Gasteiger partial charge in [0.05, 0.1) is 0 Å². The van der Waals surface area contributed by atoms with E-state index in [4.69, 9.17) is 9.47 Å². The summed E-state index contributed by atoms with van der Waals surface area (Å²) in [4.78, 5) is 12.1. The number of alkyl halides is 1. The van der Waals surface area contributed by atoms with Crippen molar-refractivity contribution < 1.29 is 14.3 Å². The smallest absolute Gasteiger partial charge is 0.327 e. The van der Waals surface area contributed by atoms with Gasteiger partial charge < -0.3 is 9.47 Å². The molecule has 0 radical (unpaired) electrons. The van der Waals surface area contributed by atoms with E-state index in [0.717, 1.165) is 31.4 Å². The highest BCUT2D eigenvalue weighted by molar-refractivity contribution is 14.1. The number of halogens is 1. The number of rotatable bonds is 6. The molecule has 2 rings (SSSR count). The fraction of sp³-hybridized carbons (Fsp3) is 0.632. The third-order valence-electron chi connectivity index (χ3n) is 4.87. The quantitative estimate of drug-likeness (QED) is 0.252. The van der Waals surface area contributed by atoms with Crippen molar-refractivity contribution in [1.29, 1.82) is 0 Å². The predicted molar refractivity (Wildman–Crippen MR) is 102 cm³/mol. The van der Waals surface area contributed by atoms with Crippen LogP contribution < -0.4 is 9.47 Å². The molecule has 1 unspecified atom stereocenters. The van der Waals surface area contributed by atoms with Crippen molar-refractivity contribution >= 4 is 28.6 Å². The largest absolute Gasteiger partial charge is 0.487 e. The van der Waals surface area contributed by atoms with Crippen LogP contribution in [-0.2, 0) is 4.79 Å². The van der Waals surface area contributed by atoms with Gasteiger partial charge in [0, 0.05) is 0 Å². The molecule has 0 amide bonds. The first kappa shape index (κ1) is 18.6. The first-order valence-electron chi connectivity index (χ1n) is 8.61. The summed E-state index contributed by atoms with van der Waals surface area (Å²) in [6, 6.07) is 7.46. The molecule has 0 heterocycles. The summed E-state index contributed by atoms with van der Waals surface area (Å²) < 4.78 is 11.3. The minimum absolute atomic E-state index is 0.0144. The first-order chi connectivity index (χ1) is 10.9. The second-order valence-electron chi connectivity index (χ2n) is 6.61. The summed E-state index contributed by atoms with van der Waals surface area (Å²) in [6.45, 7) is 6.08. The van der Waals surface area contributed by atoms with Gasteiger partial charge in [0.25, 0.3) is 0 Å². The van der Waals surface area contributed by atoms with E-state index < -0.39 is 3.42 Å². The maximum absolute atomic E-state index is 12.1. The van der Waals surface area contributed by atoms with Crippen molar-refractivity contribution in [3.8, 4) is 11.5 Å². The Bertz CT molecular complexity index is 516. The van der Waals surface area contributed by atoms with Crippen molar-refractivity contribution in [3.63, 3.8) is 0 Å². The fourth-order valence-corrected chi connectivity index (χ4v) is 3.02. The fourth-order valence-electron chi connectivity index (χ4n) is 2.91. The van der Waals surface area contributed by atoms with E-state index in [1.807, 2.05) is 38.1 Å². The van der Waals surface area contributed by atoms with Gasteiger partial charge in [-0.25, -0.2) is 0 Å². The second kappa shape index (κ2) is 7.86. The van der Waals surface area contributed by atoms with Gasteiger partial charge in [-0.2, -0.15) is 0 Å². The van der Waals surface area contributed by atoms with Crippen LogP contribution in [-0.4, -0.2) is 15.0 Å². The second-order valence-corrected chi connectivity index (χ2v) is 8.99. The monoisotopic (exact) mass is 430 g/mol. The average Bonchev–Trinajstić information content (AvgIpc) is 2.57. The summed E-state index contributed by atoms with van der Waals surface area (Å²) in [5.41, 5.74) is -0.0144. The topological polar surface area (TPSA) is 35.5 Å². The summed E-state index contributed by atoms with van der Waals surface area (Å²) in [6.07, 6.45) is 7.84. The predicted octanol–water partition coefficient (Wildman–Crippen LogP) is 5.69. The first-order valence-corrected chi connectivity index (χ1v) is 9.69. The van der Waals surface area contributed by atoms with Gasteiger partial charge >= 0.3 is 5.97 Å². The lowest BCUT2D eigenvalue weighted by molar-refractivity contribution is -0.136. The van der Waals surface area contributed by atoms with Gasteiger partial charge in [0.15, 0.2) is 0 Å². The summed E-state index contributed by atoms with van der Waals surface area (Å²) in [7, 11) is 0. The molecular weight excluding hydrogens is 403 g/mol. The summed E-state index contributed by atoms with van der Waals surface area (Å²) >= 11 is 2.14. The summed E-state index contributed by atoms with van der Waals surface area (Å²) in [5.74, 6) is 1.24. The number of carbonyl (C=O) groups excluding carboxylic acids is 1. The zero-order valence-electron chi connectivity index (χ0n) is 14.4. The van der Waals surface area contributed by atoms with Gasteiger partial charge in [-0.05, 0) is 69.7 Å². The molecule has 3 nitrogen and oxygen atoms in total. The third-order valence-corrected chi connectivity index (χ3v) is 6.07. The molecule has 0 spiro atoms. The maximum atomic E-state index is 12.1. The molecule has 1 aromatic carbocycles. The van der Waals surface area contributed by atoms with Crippen LogP contribution in [0.4, 0.5) is 0 Å². The number of benzene rings is 1. The van der Waals surface area contributed by atoms with Gasteiger partial charge in [0.1, 0.15) is 20.5 Å². The molecule has 128 valence electrons. The SMILES string of the molecule is CCC1(Oc2ccc(OC(=O)C(C)(I)CC)cc2)CCCCC1. The number of ether oxygens (including phenoxy) is 2. The van der Waals surface area contributed by atoms with Crippen molar-refractivity contribution in [2.45, 2.75) is 74.7 Å². The summed E-state index contributed by atoms with van der Waals surface area (Å²) in [5, 5.41) is 0. The van der Waals surface area contributed by atoms with Crippen LogP contribution in [0, 0.1) is 0 Å². The lowest BCUT2D eigenvalue weighted by Gasteiger charge is -2.37. The van der Waals surface area contributed by atoms with Crippen LogP contribution in [0.25, 0.3) is 0 Å². The Morgan fingerprint density at radius 3 is 2.22 bits per heavy atom. The van der Waals surface area contributed by atoms with Gasteiger partial charge in [-0.3, -0.25) is 4.79 Å². The van der Waals surface area contributed by atoms with E-state index in [-0.39, 0.29) is 11.6 Å². The van der Waals surface area contributed by atoms with Crippen LogP contribution >= 0.6 is 22.6 Å². The lowest BCUT2D eigenvalue weighted by Crippen LogP contribution is -2.37. The van der Waals surface area contributed by atoms with E-state index >= 15 is 0 Å². The molecule has 1 aliphatic carbocycles. The van der Waals surface area contributed by atoms with Crippen molar-refractivity contribution in [2.75, 3.05) is 0 Å². The Morgan fingerprint density at radius 1 is 1.13 bits per heavy atom. The highest BCUT2D eigenvalue weighted by Crippen LogP contribution is 2.36. The van der Waals surface area contributed by atoms with Crippen LogP contribution in [0.3, 0.4) is 0 Å². The Balaban J connectivity index is 2.00. The van der Waals surface area contributed by atoms with Crippen molar-refractivity contribution in [3.05, 3.63) is 24.3 Å². The third kappa shape index (κ3) is 4.85. The van der Waals surface area contributed by atoms with Gasteiger partial charge in [-0.15, -0.1) is 0 Å². The lowest BCUT2D eigenvalue weighted by atomic mass is 9.82. The number of esters is 1. The molecule has 0 aliphatic heterocycles. The molecule has 4 heteroatoms. The molecule has 0 bridgehead atoms. The zero-order chi connectivity index (χ0) is 16.9. The Kier molecular flexibility index (Phi) is 6.34. The maximum Gasteiger partial charge on any atom is 0.327 e. The Labute approximate surface area is 153 Å². The molecular formula is C19H27IO3. The molecule has 0 aromatic heterocycles. The van der Waals surface area contributed by atoms with Crippen LogP contribution in [0.2, 0.25) is 0 Å². The Hall–Kier alpha value is -0.780. The van der Waals surface area contributed by atoms with Crippen LogP contribution in [0.1, 0.15) is 65.7 Å². The van der Waals surface area contributed by atoms with Crippen LogP contribution in [0.5, 0.6) is 11.5 Å². The van der Waals surface area contributed by atoms with Gasteiger partial charge in [-0.1, -0.05) is 42.9 Å². The minimum Gasteiger partial charge on any atom is -0.487 e. The van der Waals surface area contributed by atoms with E-state index in [1.54, 1.807) is 0 Å². The molecule has 1 fully saturated rings. The van der Waals surface area contributed by atoms with Crippen molar-refractivity contribution in [1.82, 2.24) is 0 Å². The minimum atomic E-state index is -0.485. The molecule has 1 aliphatic rings. The van der Waals surface area contributed by atoms with Crippen LogP contribution in [0.15, 0.2) is 24.3 Å². The molecule has 0 N–H and O–H groups in total. The van der Waals surface area contributed by atoms with E-state index in [1.165, 1.54) is 19.3 Å². The van der Waals surface area contributed by atoms with Gasteiger partial charge in [0.2, 0.25) is 0 Å². The number of hydrogen-bond acceptors (Lipinski definition) is 3.